The maximum absolute atomic E-state index is 13.4. The van der Waals surface area contributed by atoms with E-state index in [0.29, 0.717) is 5.75 Å². The highest BCUT2D eigenvalue weighted by molar-refractivity contribution is 6.15. The zero-order chi connectivity index (χ0) is 26.1. The minimum atomic E-state index is -0.775. The van der Waals surface area contributed by atoms with Crippen molar-refractivity contribution in [1.29, 1.82) is 0 Å². The molecule has 5 nitrogen and oxygen atoms in total. The first-order valence-electron chi connectivity index (χ1n) is 12.1. The van der Waals surface area contributed by atoms with E-state index in [9.17, 15) is 14.4 Å². The standard InChI is InChI=1S/C33H20O5/c34-31(25-17-18-28-29(20-25)33(36)38-32(28)35)37-30-26(22-11-5-2-6-12-22)15-8-16-27(30)24-14-7-13-23(19-24)21-9-3-1-4-10-21/h1-20H. The highest BCUT2D eigenvalue weighted by atomic mass is 16.6. The summed E-state index contributed by atoms with van der Waals surface area (Å²) in [6.45, 7) is 0. The number of carbonyl (C=O) groups is 3. The van der Waals surface area contributed by atoms with E-state index in [1.807, 2.05) is 97.1 Å². The Morgan fingerprint density at radius 2 is 1.08 bits per heavy atom. The summed E-state index contributed by atoms with van der Waals surface area (Å²) in [6.07, 6.45) is 0. The zero-order valence-electron chi connectivity index (χ0n) is 20.1. The van der Waals surface area contributed by atoms with Gasteiger partial charge < -0.3 is 9.47 Å². The molecule has 1 aliphatic heterocycles. The van der Waals surface area contributed by atoms with Crippen molar-refractivity contribution in [2.24, 2.45) is 0 Å². The number of ether oxygens (including phenoxy) is 2. The van der Waals surface area contributed by atoms with E-state index in [1.165, 1.54) is 18.2 Å². The first kappa shape index (κ1) is 23.1. The van der Waals surface area contributed by atoms with Crippen LogP contribution in [0.15, 0.2) is 121 Å². The fourth-order valence-corrected chi connectivity index (χ4v) is 4.58. The molecule has 0 radical (unpaired) electrons. The van der Waals surface area contributed by atoms with Crippen LogP contribution in [0.3, 0.4) is 0 Å². The molecule has 0 spiro atoms. The molecule has 5 aromatic rings. The molecule has 5 aromatic carbocycles. The molecule has 38 heavy (non-hydrogen) atoms. The lowest BCUT2D eigenvalue weighted by Gasteiger charge is -2.16. The Hall–Kier alpha value is -5.29. The number of rotatable bonds is 5. The number of cyclic esters (lactones) is 2. The third-order valence-electron chi connectivity index (χ3n) is 6.46. The number of benzene rings is 5. The first-order chi connectivity index (χ1) is 18.6. The van der Waals surface area contributed by atoms with Gasteiger partial charge >= 0.3 is 17.9 Å². The number of hydrogen-bond donors (Lipinski definition) is 0. The summed E-state index contributed by atoms with van der Waals surface area (Å²) in [5.41, 5.74) is 5.70. The van der Waals surface area contributed by atoms with Crippen LogP contribution in [0.25, 0.3) is 33.4 Å². The molecule has 0 bridgehead atoms. The van der Waals surface area contributed by atoms with Crippen LogP contribution in [-0.2, 0) is 4.74 Å². The van der Waals surface area contributed by atoms with Crippen LogP contribution in [0, 0.1) is 0 Å². The Kier molecular flexibility index (Phi) is 5.86. The summed E-state index contributed by atoms with van der Waals surface area (Å²) < 4.78 is 10.7. The fraction of sp³-hybridized carbons (Fsp3) is 0. The Morgan fingerprint density at radius 3 is 1.82 bits per heavy atom. The van der Waals surface area contributed by atoms with E-state index in [4.69, 9.17) is 4.74 Å². The molecule has 0 atom stereocenters. The van der Waals surface area contributed by atoms with Crippen LogP contribution in [0.4, 0.5) is 0 Å². The smallest absolute Gasteiger partial charge is 0.346 e. The van der Waals surface area contributed by atoms with Crippen molar-refractivity contribution in [1.82, 2.24) is 0 Å². The molecule has 1 aliphatic rings. The third kappa shape index (κ3) is 4.27. The highest BCUT2D eigenvalue weighted by Gasteiger charge is 2.31. The predicted octanol–water partition coefficient (Wildman–Crippen LogP) is 7.22. The Morgan fingerprint density at radius 1 is 0.500 bits per heavy atom. The lowest BCUT2D eigenvalue weighted by Crippen LogP contribution is -2.11. The molecule has 182 valence electrons. The van der Waals surface area contributed by atoms with Crippen molar-refractivity contribution >= 4 is 17.9 Å². The molecular weight excluding hydrogens is 476 g/mol. The van der Waals surface area contributed by atoms with Crippen LogP contribution >= 0.6 is 0 Å². The van der Waals surface area contributed by atoms with Crippen molar-refractivity contribution in [2.45, 2.75) is 0 Å². The van der Waals surface area contributed by atoms with Gasteiger partial charge in [-0.25, -0.2) is 14.4 Å². The molecule has 0 aromatic heterocycles. The van der Waals surface area contributed by atoms with Gasteiger partial charge in [-0.15, -0.1) is 0 Å². The summed E-state index contributed by atoms with van der Waals surface area (Å²) in [7, 11) is 0. The molecular formula is C33H20O5. The Bertz CT molecular complexity index is 1700. The van der Waals surface area contributed by atoms with E-state index in [-0.39, 0.29) is 16.7 Å². The van der Waals surface area contributed by atoms with Gasteiger partial charge in [-0.05, 0) is 46.5 Å². The van der Waals surface area contributed by atoms with Crippen molar-refractivity contribution in [3.63, 3.8) is 0 Å². The molecule has 1 heterocycles. The molecule has 5 heteroatoms. The van der Waals surface area contributed by atoms with Gasteiger partial charge in [0.25, 0.3) is 0 Å². The summed E-state index contributed by atoms with van der Waals surface area (Å²) >= 11 is 0. The molecule has 0 unspecified atom stereocenters. The van der Waals surface area contributed by atoms with E-state index in [0.717, 1.165) is 33.4 Å². The van der Waals surface area contributed by atoms with Crippen LogP contribution in [0.1, 0.15) is 31.1 Å². The maximum Gasteiger partial charge on any atom is 0.346 e. The minimum absolute atomic E-state index is 0.0524. The average Bonchev–Trinajstić information content (AvgIpc) is 3.26. The number of esters is 3. The predicted molar refractivity (Wildman–Crippen MR) is 144 cm³/mol. The van der Waals surface area contributed by atoms with Gasteiger partial charge in [0.05, 0.1) is 16.7 Å². The normalized spacial score (nSPS) is 12.1. The van der Waals surface area contributed by atoms with Gasteiger partial charge in [-0.3, -0.25) is 0 Å². The van der Waals surface area contributed by atoms with E-state index in [2.05, 4.69) is 10.8 Å². The second-order valence-electron chi connectivity index (χ2n) is 8.82. The van der Waals surface area contributed by atoms with Crippen LogP contribution in [-0.4, -0.2) is 17.9 Å². The topological polar surface area (TPSA) is 69.7 Å². The van der Waals surface area contributed by atoms with Crippen molar-refractivity contribution < 1.29 is 23.9 Å². The SMILES string of the molecule is O=C(Oc1c(-c2ccccc2)cccc1-c1cccc(-c2ccccc2)c1)c1ccc2c(c1)C(=O)OC2=O. The van der Waals surface area contributed by atoms with Gasteiger partial charge in [0, 0.05) is 11.1 Å². The van der Waals surface area contributed by atoms with Crippen molar-refractivity contribution in [3.8, 4) is 39.1 Å². The van der Waals surface area contributed by atoms with Gasteiger partial charge in [0.2, 0.25) is 0 Å². The van der Waals surface area contributed by atoms with E-state index in [1.54, 1.807) is 0 Å². The summed E-state index contributed by atoms with van der Waals surface area (Å²) in [5.74, 6) is -1.75. The van der Waals surface area contributed by atoms with Crippen LogP contribution < -0.4 is 4.74 Å². The van der Waals surface area contributed by atoms with Crippen molar-refractivity contribution in [2.75, 3.05) is 0 Å². The minimum Gasteiger partial charge on any atom is -0.422 e. The average molecular weight is 497 g/mol. The summed E-state index contributed by atoms with van der Waals surface area (Å²) in [4.78, 5) is 37.3. The highest BCUT2D eigenvalue weighted by Crippen LogP contribution is 2.40. The van der Waals surface area contributed by atoms with E-state index >= 15 is 0 Å². The summed E-state index contributed by atoms with van der Waals surface area (Å²) in [6, 6.07) is 37.7. The molecule has 0 N–H and O–H groups in total. The fourth-order valence-electron chi connectivity index (χ4n) is 4.58. The Labute approximate surface area is 218 Å². The van der Waals surface area contributed by atoms with Crippen LogP contribution in [0.2, 0.25) is 0 Å². The quantitative estimate of drug-likeness (QED) is 0.146. The van der Waals surface area contributed by atoms with Crippen molar-refractivity contribution in [3.05, 3.63) is 138 Å². The number of carbonyl (C=O) groups excluding carboxylic acids is 3. The molecule has 6 rings (SSSR count). The van der Waals surface area contributed by atoms with Gasteiger partial charge in [0.15, 0.2) is 0 Å². The molecule has 0 saturated heterocycles. The first-order valence-corrected chi connectivity index (χ1v) is 12.1. The zero-order valence-corrected chi connectivity index (χ0v) is 20.1. The van der Waals surface area contributed by atoms with Gasteiger partial charge in [0.1, 0.15) is 5.75 Å². The molecule has 0 fully saturated rings. The number of para-hydroxylation sites is 1. The second kappa shape index (κ2) is 9.64. The van der Waals surface area contributed by atoms with E-state index < -0.39 is 17.9 Å². The molecule has 0 amide bonds. The number of hydrogen-bond acceptors (Lipinski definition) is 5. The van der Waals surface area contributed by atoms with Gasteiger partial charge in [-0.2, -0.15) is 0 Å². The second-order valence-corrected chi connectivity index (χ2v) is 8.82. The largest absolute Gasteiger partial charge is 0.422 e. The lowest BCUT2D eigenvalue weighted by atomic mass is 9.95. The maximum atomic E-state index is 13.4. The van der Waals surface area contributed by atoms with Crippen LogP contribution in [0.5, 0.6) is 5.75 Å². The molecule has 0 aliphatic carbocycles. The van der Waals surface area contributed by atoms with Gasteiger partial charge in [-0.1, -0.05) is 97.1 Å². The lowest BCUT2D eigenvalue weighted by molar-refractivity contribution is 0.0443. The monoisotopic (exact) mass is 496 g/mol. The third-order valence-corrected chi connectivity index (χ3v) is 6.46. The Balaban J connectivity index is 1.45. The summed E-state index contributed by atoms with van der Waals surface area (Å²) in [5, 5.41) is 0. The number of fused-ring (bicyclic) bond motifs is 1. The molecule has 0 saturated carbocycles.